The van der Waals surface area contributed by atoms with Gasteiger partial charge in [-0.15, -0.1) is 0 Å². The van der Waals surface area contributed by atoms with Gasteiger partial charge in [-0.1, -0.05) is 25.8 Å². The van der Waals surface area contributed by atoms with Crippen LogP contribution in [0.1, 0.15) is 26.7 Å². The first kappa shape index (κ1) is 8.31. The highest BCUT2D eigenvalue weighted by atomic mass is 32.2. The maximum atomic E-state index is 3.30. The van der Waals surface area contributed by atoms with Crippen molar-refractivity contribution >= 4 is 11.9 Å². The topological polar surface area (TPSA) is 12.0 Å². The van der Waals surface area contributed by atoms with Gasteiger partial charge in [-0.2, -0.15) is 0 Å². The summed E-state index contributed by atoms with van der Waals surface area (Å²) in [7, 11) is 0. The minimum Gasteiger partial charge on any atom is -0.261 e. The zero-order chi connectivity index (χ0) is 6.41. The van der Waals surface area contributed by atoms with Gasteiger partial charge in [0.05, 0.1) is 0 Å². The largest absolute Gasteiger partial charge is 0.261 e. The molecule has 0 aliphatic heterocycles. The van der Waals surface area contributed by atoms with Crippen molar-refractivity contribution in [3.05, 3.63) is 0 Å². The van der Waals surface area contributed by atoms with E-state index < -0.39 is 0 Å². The average molecular weight is 133 g/mol. The third kappa shape index (κ3) is 3.33. The summed E-state index contributed by atoms with van der Waals surface area (Å²) in [5, 5.41) is 0. The summed E-state index contributed by atoms with van der Waals surface area (Å²) in [6.07, 6.45) is 4.53. The molecule has 2 heteroatoms. The second kappa shape index (κ2) is 5.45. The Morgan fingerprint density at radius 3 is 2.00 bits per heavy atom. The first-order valence-corrected chi connectivity index (χ1v) is 4.36. The van der Waals surface area contributed by atoms with E-state index in [-0.39, 0.29) is 0 Å². The molecule has 0 fully saturated rings. The normalized spacial score (nSPS) is 10.5. The molecular formula is C6H15NS. The zero-order valence-corrected chi connectivity index (χ0v) is 6.72. The quantitative estimate of drug-likeness (QED) is 0.589. The van der Waals surface area contributed by atoms with Gasteiger partial charge in [0.2, 0.25) is 0 Å². The lowest BCUT2D eigenvalue weighted by Gasteiger charge is -2.10. The molecule has 0 aliphatic carbocycles. The Morgan fingerprint density at radius 1 is 1.38 bits per heavy atom. The Labute approximate surface area is 56.4 Å². The highest BCUT2D eigenvalue weighted by Gasteiger charge is 1.97. The molecule has 1 nitrogen and oxygen atoms in total. The van der Waals surface area contributed by atoms with E-state index in [0.29, 0.717) is 6.04 Å². The lowest BCUT2D eigenvalue weighted by Crippen LogP contribution is -2.19. The molecule has 0 spiro atoms. The van der Waals surface area contributed by atoms with Gasteiger partial charge in [-0.25, -0.2) is 0 Å². The van der Waals surface area contributed by atoms with E-state index in [9.17, 15) is 0 Å². The monoisotopic (exact) mass is 133 g/mol. The van der Waals surface area contributed by atoms with Crippen LogP contribution in [0, 0.1) is 0 Å². The molecule has 0 amide bonds. The fourth-order valence-corrected chi connectivity index (χ4v) is 1.29. The van der Waals surface area contributed by atoms with E-state index in [1.165, 1.54) is 12.8 Å². The van der Waals surface area contributed by atoms with Gasteiger partial charge in [-0.3, -0.25) is 4.72 Å². The van der Waals surface area contributed by atoms with Gasteiger partial charge in [-0.05, 0) is 19.1 Å². The van der Waals surface area contributed by atoms with E-state index in [2.05, 4.69) is 24.8 Å². The van der Waals surface area contributed by atoms with Crippen molar-refractivity contribution in [3.63, 3.8) is 0 Å². The molecule has 8 heavy (non-hydrogen) atoms. The van der Waals surface area contributed by atoms with Crippen LogP contribution < -0.4 is 4.72 Å². The van der Waals surface area contributed by atoms with Crippen molar-refractivity contribution in [2.75, 3.05) is 6.26 Å². The van der Waals surface area contributed by atoms with Crippen molar-refractivity contribution in [2.24, 2.45) is 0 Å². The predicted molar refractivity (Wildman–Crippen MR) is 41.0 cm³/mol. The van der Waals surface area contributed by atoms with Crippen LogP contribution in [-0.4, -0.2) is 12.3 Å². The summed E-state index contributed by atoms with van der Waals surface area (Å²) in [5.74, 6) is 0. The SMILES string of the molecule is CCC(CC)NSC. The Morgan fingerprint density at radius 2 is 1.88 bits per heavy atom. The first-order valence-electron chi connectivity index (χ1n) is 3.13. The summed E-state index contributed by atoms with van der Waals surface area (Å²) in [4.78, 5) is 0. The lowest BCUT2D eigenvalue weighted by molar-refractivity contribution is 0.592. The summed E-state index contributed by atoms with van der Waals surface area (Å²) in [6.45, 7) is 4.41. The second-order valence-corrected chi connectivity index (χ2v) is 2.48. The van der Waals surface area contributed by atoms with Crippen LogP contribution in [0.3, 0.4) is 0 Å². The molecule has 0 radical (unpaired) electrons. The zero-order valence-electron chi connectivity index (χ0n) is 5.90. The van der Waals surface area contributed by atoms with Crippen molar-refractivity contribution in [1.82, 2.24) is 4.72 Å². The van der Waals surface area contributed by atoms with Crippen LogP contribution in [0.5, 0.6) is 0 Å². The molecule has 0 unspecified atom stereocenters. The third-order valence-corrected chi connectivity index (χ3v) is 1.84. The van der Waals surface area contributed by atoms with Crippen molar-refractivity contribution < 1.29 is 0 Å². The van der Waals surface area contributed by atoms with Crippen molar-refractivity contribution in [3.8, 4) is 0 Å². The Bertz CT molecular complexity index is 43.8. The predicted octanol–water partition coefficient (Wildman–Crippen LogP) is 2.04. The minimum atomic E-state index is 0.713. The Kier molecular flexibility index (Phi) is 5.66. The summed E-state index contributed by atoms with van der Waals surface area (Å²) in [6, 6.07) is 0.713. The van der Waals surface area contributed by atoms with Crippen LogP contribution >= 0.6 is 11.9 Å². The fourth-order valence-electron chi connectivity index (χ4n) is 0.622. The van der Waals surface area contributed by atoms with Gasteiger partial charge in [0.25, 0.3) is 0 Å². The van der Waals surface area contributed by atoms with E-state index in [1.54, 1.807) is 11.9 Å². The van der Waals surface area contributed by atoms with Gasteiger partial charge in [0.15, 0.2) is 0 Å². The Hall–Kier alpha value is 0.310. The Balaban J connectivity index is 3.07. The molecule has 1 N–H and O–H groups in total. The molecule has 0 atom stereocenters. The molecule has 0 aromatic heterocycles. The molecule has 50 valence electrons. The highest BCUT2D eigenvalue weighted by molar-refractivity contribution is 7.96. The fraction of sp³-hybridized carbons (Fsp3) is 1.00. The van der Waals surface area contributed by atoms with Gasteiger partial charge in [0.1, 0.15) is 0 Å². The maximum Gasteiger partial charge on any atom is 0.0166 e. The molecule has 0 aromatic carbocycles. The van der Waals surface area contributed by atoms with Crippen LogP contribution in [0.2, 0.25) is 0 Å². The number of hydrogen-bond acceptors (Lipinski definition) is 2. The number of nitrogens with one attached hydrogen (secondary N) is 1. The number of rotatable bonds is 4. The standard InChI is InChI=1S/C6H15NS/c1-4-6(5-2)7-8-3/h6-7H,4-5H2,1-3H3. The molecule has 0 saturated heterocycles. The molecule has 0 aliphatic rings. The van der Waals surface area contributed by atoms with Crippen LogP contribution in [-0.2, 0) is 0 Å². The van der Waals surface area contributed by atoms with Crippen LogP contribution in [0.25, 0.3) is 0 Å². The van der Waals surface area contributed by atoms with E-state index in [1.807, 2.05) is 0 Å². The molecule has 0 bridgehead atoms. The maximum absolute atomic E-state index is 3.30. The number of hydrogen-bond donors (Lipinski definition) is 1. The average Bonchev–Trinajstić information content (AvgIpc) is 1.83. The molecular weight excluding hydrogens is 118 g/mol. The van der Waals surface area contributed by atoms with Gasteiger partial charge < -0.3 is 0 Å². The van der Waals surface area contributed by atoms with E-state index >= 15 is 0 Å². The second-order valence-electron chi connectivity index (χ2n) is 1.84. The van der Waals surface area contributed by atoms with E-state index in [0.717, 1.165) is 0 Å². The summed E-state index contributed by atoms with van der Waals surface area (Å²) < 4.78 is 3.30. The molecule has 0 saturated carbocycles. The van der Waals surface area contributed by atoms with Crippen molar-refractivity contribution in [2.45, 2.75) is 32.7 Å². The first-order chi connectivity index (χ1) is 3.85. The molecule has 0 heterocycles. The summed E-state index contributed by atoms with van der Waals surface area (Å²) in [5.41, 5.74) is 0. The van der Waals surface area contributed by atoms with E-state index in [4.69, 9.17) is 0 Å². The van der Waals surface area contributed by atoms with Gasteiger partial charge in [0, 0.05) is 6.04 Å². The lowest BCUT2D eigenvalue weighted by atomic mass is 10.2. The smallest absolute Gasteiger partial charge is 0.0166 e. The van der Waals surface area contributed by atoms with Gasteiger partial charge >= 0.3 is 0 Å². The third-order valence-electron chi connectivity index (χ3n) is 1.27. The molecule has 0 rings (SSSR count). The van der Waals surface area contributed by atoms with Crippen molar-refractivity contribution in [1.29, 1.82) is 0 Å². The minimum absolute atomic E-state index is 0.713. The van der Waals surface area contributed by atoms with Crippen LogP contribution in [0.4, 0.5) is 0 Å². The highest BCUT2D eigenvalue weighted by Crippen LogP contribution is 1.99. The summed E-state index contributed by atoms with van der Waals surface area (Å²) >= 11 is 1.71. The van der Waals surface area contributed by atoms with Crippen LogP contribution in [0.15, 0.2) is 0 Å². The molecule has 0 aromatic rings.